The van der Waals surface area contributed by atoms with E-state index in [1.165, 1.54) is 0 Å². The third kappa shape index (κ3) is 9.61. The molecule has 0 aromatic rings. The Morgan fingerprint density at radius 1 is 0.824 bits per heavy atom. The van der Waals surface area contributed by atoms with Gasteiger partial charge < -0.3 is 16.5 Å². The predicted molar refractivity (Wildman–Crippen MR) is 74.2 cm³/mol. The molecule has 0 spiro atoms. The molecule has 5 radical (unpaired) electrons. The molecule has 0 rings (SSSR count). The monoisotopic (exact) mass is 576 g/mol. The minimum absolute atomic E-state index is 0. The van der Waals surface area contributed by atoms with E-state index in [1.54, 1.807) is 0 Å². The van der Waals surface area contributed by atoms with Crippen LogP contribution < -0.4 is 0 Å². The molecule has 0 saturated heterocycles. The van der Waals surface area contributed by atoms with Gasteiger partial charge in [-0.3, -0.25) is 0 Å². The van der Waals surface area contributed by atoms with Crippen LogP contribution in [0.2, 0.25) is 45.8 Å². The second kappa shape index (κ2) is 8.10. The second-order valence-electron chi connectivity index (χ2n) is 4.11. The maximum atomic E-state index is 5.92. The molecule has 0 aliphatic rings. The molecule has 17 heavy (non-hydrogen) atoms. The van der Waals surface area contributed by atoms with Crippen LogP contribution in [0, 0.1) is 0 Å². The molecule has 0 unspecified atom stereocenters. The smallest absolute Gasteiger partial charge is 0.362 e. The van der Waals surface area contributed by atoms with E-state index in [4.69, 9.17) is 16.5 Å². The fourth-order valence-electron chi connectivity index (χ4n) is 1.25. The molecule has 0 N–H and O–H groups in total. The van der Waals surface area contributed by atoms with Gasteiger partial charge in [-0.05, 0) is 45.8 Å². The minimum atomic E-state index is -1.99. The predicted octanol–water partition coefficient (Wildman–Crippen LogP) is 1.91. The fourth-order valence-corrected chi connectivity index (χ4v) is 12.3. The van der Waals surface area contributed by atoms with Crippen LogP contribution in [0.4, 0.5) is 0 Å². The topological polar surface area (TPSA) is 36.9 Å². The summed E-state index contributed by atoms with van der Waals surface area (Å²) in [6, 6.07) is 0. The maximum Gasteiger partial charge on any atom is 0.362 e. The standard InChI is InChI=1S/C7H21O4Si5.Rf/c1-12-8-15(4,5)10-14(3)11-16(6,7)9-13-2;/h1-7H3;. The van der Waals surface area contributed by atoms with Crippen LogP contribution in [0.1, 0.15) is 0 Å². The van der Waals surface area contributed by atoms with Crippen molar-refractivity contribution in [1.82, 2.24) is 0 Å². The molecule has 95 valence electrons. The first-order chi connectivity index (χ1) is 7.22. The van der Waals surface area contributed by atoms with E-state index in [2.05, 4.69) is 26.2 Å². The van der Waals surface area contributed by atoms with Gasteiger partial charge in [0.05, 0.1) is 0 Å². The molecule has 0 aliphatic carbocycles. The summed E-state index contributed by atoms with van der Waals surface area (Å²) in [6.45, 7) is 14.3. The Bertz CT molecular complexity index is 187. The Kier molecular flexibility index (Phi) is 9.18. The molecule has 10 heteroatoms. The van der Waals surface area contributed by atoms with Crippen molar-refractivity contribution in [2.75, 3.05) is 0 Å². The van der Waals surface area contributed by atoms with Crippen molar-refractivity contribution in [3.8, 4) is 0 Å². The van der Waals surface area contributed by atoms with Gasteiger partial charge in [0.15, 0.2) is 0 Å². The largest absolute Gasteiger partial charge is 0.437 e. The Morgan fingerprint density at radius 3 is 1.35 bits per heavy atom. The van der Waals surface area contributed by atoms with Crippen LogP contribution in [-0.2, 0) is 16.5 Å². The van der Waals surface area contributed by atoms with Crippen LogP contribution in [0.5, 0.6) is 0 Å². The van der Waals surface area contributed by atoms with Crippen molar-refractivity contribution in [3.05, 3.63) is 0 Å². The minimum Gasteiger partial charge on any atom is -0.437 e. The molecule has 0 aromatic heterocycles. The Hall–Kier alpha value is -0.0756. The summed E-state index contributed by atoms with van der Waals surface area (Å²) < 4.78 is 23.1. The zero-order chi connectivity index (χ0) is 12.8. The van der Waals surface area contributed by atoms with Gasteiger partial charge in [-0.15, -0.1) is 0 Å². The average Bonchev–Trinajstić information content (AvgIpc) is 1.99. The molecule has 4 nitrogen and oxygen atoms in total. The zero-order valence-corrected chi connectivity index (χ0v) is 23.2. The molecule has 0 aliphatic heterocycles. The molecule has 0 heterocycles. The maximum absolute atomic E-state index is 5.92. The average molecular weight is 577 g/mol. The summed E-state index contributed by atoms with van der Waals surface area (Å²) in [6.07, 6.45) is 0. The summed E-state index contributed by atoms with van der Waals surface area (Å²) in [5, 5.41) is 0. The van der Waals surface area contributed by atoms with Crippen LogP contribution in [-0.4, -0.2) is 45.9 Å². The van der Waals surface area contributed by atoms with E-state index >= 15 is 0 Å². The zero-order valence-electron chi connectivity index (χ0n) is 11.8. The van der Waals surface area contributed by atoms with Crippen LogP contribution in [0.15, 0.2) is 0 Å². The molecule has 0 fully saturated rings. The number of hydrogen-bond acceptors (Lipinski definition) is 4. The van der Waals surface area contributed by atoms with Gasteiger partial charge in [-0.1, -0.05) is 0 Å². The number of rotatable bonds is 8. The van der Waals surface area contributed by atoms with Gasteiger partial charge >= 0.3 is 26.4 Å². The molecule has 0 amide bonds. The molecular weight excluding hydrogens is 556 g/mol. The van der Waals surface area contributed by atoms with Gasteiger partial charge in [0.1, 0.15) is 0 Å². The van der Waals surface area contributed by atoms with E-state index < -0.39 is 26.4 Å². The fraction of sp³-hybridized carbons (Fsp3) is 1.00. The van der Waals surface area contributed by atoms with E-state index in [9.17, 15) is 0 Å². The number of hydrogen-bond donors (Lipinski definition) is 0. The van der Waals surface area contributed by atoms with Crippen molar-refractivity contribution in [2.45, 2.75) is 45.8 Å². The van der Waals surface area contributed by atoms with Crippen molar-refractivity contribution in [1.29, 1.82) is 0 Å². The van der Waals surface area contributed by atoms with E-state index in [0.29, 0.717) is 19.5 Å². The first-order valence-corrected chi connectivity index (χ1v) is 15.4. The van der Waals surface area contributed by atoms with Crippen molar-refractivity contribution >= 4 is 45.9 Å². The molecule has 0 atom stereocenters. The molecular formula is C7H21O4RfSi5. The van der Waals surface area contributed by atoms with Gasteiger partial charge in [0, 0.05) is 0 Å². The van der Waals surface area contributed by atoms with Crippen LogP contribution in [0.25, 0.3) is 0 Å². The third-order valence-corrected chi connectivity index (χ3v) is 13.3. The summed E-state index contributed by atoms with van der Waals surface area (Å²) in [4.78, 5) is 0. The van der Waals surface area contributed by atoms with Gasteiger partial charge in [-0.25, -0.2) is 0 Å². The second-order valence-corrected chi connectivity index (χ2v) is 14.8. The quantitative estimate of drug-likeness (QED) is 0.414. The molecule has 0 saturated carbocycles. The summed E-state index contributed by atoms with van der Waals surface area (Å²) >= 11 is 0. The van der Waals surface area contributed by atoms with E-state index in [0.717, 1.165) is 0 Å². The van der Waals surface area contributed by atoms with E-state index in [1.807, 2.05) is 19.6 Å². The Balaban J connectivity index is 0. The van der Waals surface area contributed by atoms with Gasteiger partial charge in [0.2, 0.25) is 19.5 Å². The van der Waals surface area contributed by atoms with Crippen molar-refractivity contribution in [2.24, 2.45) is 0 Å². The van der Waals surface area contributed by atoms with Crippen LogP contribution >= 0.6 is 0 Å². The van der Waals surface area contributed by atoms with E-state index in [-0.39, 0.29) is 0 Å². The third-order valence-electron chi connectivity index (χ3n) is 1.47. The first-order valence-electron chi connectivity index (χ1n) is 5.13. The summed E-state index contributed by atoms with van der Waals surface area (Å²) in [5.74, 6) is 0. The Morgan fingerprint density at radius 2 is 1.12 bits per heavy atom. The van der Waals surface area contributed by atoms with Gasteiger partial charge in [-0.2, -0.15) is 0 Å². The van der Waals surface area contributed by atoms with Crippen molar-refractivity contribution in [3.63, 3.8) is 0 Å². The van der Waals surface area contributed by atoms with Crippen LogP contribution in [0.3, 0.4) is 0 Å². The summed E-state index contributed by atoms with van der Waals surface area (Å²) in [5.41, 5.74) is 0. The normalized spacial score (nSPS) is 12.7. The molecule has 0 bridgehead atoms. The van der Waals surface area contributed by atoms with Gasteiger partial charge in [0.25, 0.3) is 0 Å². The van der Waals surface area contributed by atoms with Crippen molar-refractivity contribution < 1.29 is 16.5 Å². The first kappa shape index (κ1) is 19.3. The molecule has 0 aromatic carbocycles. The SMILES string of the molecule is C[Si]O[Si](C)(C)O[Si](C)O[Si](C)(C)O[Si]C.[Rf]. The Labute approximate surface area is 108 Å². The summed E-state index contributed by atoms with van der Waals surface area (Å²) in [7, 11) is -4.29.